The Morgan fingerprint density at radius 1 is 1.33 bits per heavy atom. The first-order valence-electron chi connectivity index (χ1n) is 8.72. The molecule has 0 bridgehead atoms. The summed E-state index contributed by atoms with van der Waals surface area (Å²) in [7, 11) is 0. The molecular weight excluding hydrogens is 344 g/mol. The van der Waals surface area contributed by atoms with Crippen molar-refractivity contribution in [2.24, 2.45) is 0 Å². The van der Waals surface area contributed by atoms with Gasteiger partial charge in [-0.3, -0.25) is 0 Å². The quantitative estimate of drug-likeness (QED) is 0.679. The van der Waals surface area contributed by atoms with Gasteiger partial charge in [-0.15, -0.1) is 4.68 Å². The minimum absolute atomic E-state index is 0.0125. The summed E-state index contributed by atoms with van der Waals surface area (Å²) in [6, 6.07) is 7.64. The highest BCUT2D eigenvalue weighted by atomic mass is 16.6. The van der Waals surface area contributed by atoms with Gasteiger partial charge in [-0.1, -0.05) is 12.1 Å². The van der Waals surface area contributed by atoms with E-state index in [1.54, 1.807) is 33.9 Å². The van der Waals surface area contributed by atoms with Crippen molar-refractivity contribution in [3.63, 3.8) is 0 Å². The number of hydrogen-bond acceptors (Lipinski definition) is 7. The van der Waals surface area contributed by atoms with Crippen LogP contribution in [0.5, 0.6) is 0 Å². The summed E-state index contributed by atoms with van der Waals surface area (Å²) in [5, 5.41) is 7.54. The van der Waals surface area contributed by atoms with Crippen LogP contribution in [0.1, 0.15) is 45.0 Å². The van der Waals surface area contributed by atoms with E-state index < -0.39 is 11.7 Å². The molecule has 0 spiro atoms. The predicted octanol–water partition coefficient (Wildman–Crippen LogP) is 3.67. The lowest BCUT2D eigenvalue weighted by Crippen LogP contribution is -2.28. The van der Waals surface area contributed by atoms with Gasteiger partial charge in [-0.05, 0) is 52.3 Å². The predicted molar refractivity (Wildman–Crippen MR) is 105 cm³/mol. The minimum atomic E-state index is -0.620. The summed E-state index contributed by atoms with van der Waals surface area (Å²) in [4.78, 5) is 21.3. The Labute approximate surface area is 157 Å². The Kier molecular flexibility index (Phi) is 4.73. The number of benzene rings is 1. The largest absolute Gasteiger partial charge is 0.442 e. The lowest BCUT2D eigenvalue weighted by molar-refractivity contribution is 0.0521. The molecule has 0 aliphatic rings. The van der Waals surface area contributed by atoms with Gasteiger partial charge in [0.25, 0.3) is 0 Å². The van der Waals surface area contributed by atoms with E-state index in [4.69, 9.17) is 10.5 Å². The number of nitrogens with one attached hydrogen (secondary N) is 1. The van der Waals surface area contributed by atoms with Gasteiger partial charge in [-0.25, -0.2) is 14.8 Å². The summed E-state index contributed by atoms with van der Waals surface area (Å²) in [5.41, 5.74) is 8.49. The average Bonchev–Trinajstić information content (AvgIpc) is 2.90. The number of nitrogens with two attached hydrogens (primary N) is 1. The second kappa shape index (κ2) is 6.86. The average molecular weight is 368 g/mol. The first-order valence-corrected chi connectivity index (χ1v) is 8.72. The Morgan fingerprint density at radius 3 is 2.74 bits per heavy atom. The first-order chi connectivity index (χ1) is 12.6. The molecule has 0 amide bonds. The highest BCUT2D eigenvalue weighted by molar-refractivity contribution is 5.85. The third-order valence-electron chi connectivity index (χ3n) is 3.89. The molecule has 3 rings (SSSR count). The lowest BCUT2D eigenvalue weighted by atomic mass is 10.1. The second-order valence-electron chi connectivity index (χ2n) is 7.44. The van der Waals surface area contributed by atoms with Crippen LogP contribution in [0.4, 0.5) is 16.3 Å². The smallest absolute Gasteiger partial charge is 0.437 e. The van der Waals surface area contributed by atoms with Crippen molar-refractivity contribution in [2.75, 3.05) is 11.1 Å². The standard InChI is InChI=1S/C19H24N6O2/c1-11(13-7-6-8-14(20)9-13)22-15-10-21-17-16(23-15)12(2)24-25(17)18(26)27-19(3,4)5/h6-11H,20H2,1-5H3,(H,22,23)/t11-/m0/s1. The molecule has 3 N–H and O–H groups in total. The van der Waals surface area contributed by atoms with Crippen molar-refractivity contribution in [3.05, 3.63) is 41.7 Å². The van der Waals surface area contributed by atoms with Gasteiger partial charge in [0.1, 0.15) is 16.9 Å². The molecule has 3 aromatic rings. The fourth-order valence-corrected chi connectivity index (χ4v) is 2.66. The number of fused-ring (bicyclic) bond motifs is 1. The third kappa shape index (κ3) is 4.16. The zero-order valence-corrected chi connectivity index (χ0v) is 16.1. The van der Waals surface area contributed by atoms with Crippen molar-refractivity contribution in [1.82, 2.24) is 19.7 Å². The van der Waals surface area contributed by atoms with Crippen LogP contribution in [0.15, 0.2) is 30.5 Å². The van der Waals surface area contributed by atoms with Crippen molar-refractivity contribution in [3.8, 4) is 0 Å². The van der Waals surface area contributed by atoms with Crippen molar-refractivity contribution < 1.29 is 9.53 Å². The number of ether oxygens (including phenoxy) is 1. The monoisotopic (exact) mass is 368 g/mol. The number of anilines is 2. The van der Waals surface area contributed by atoms with Crippen LogP contribution >= 0.6 is 0 Å². The van der Waals surface area contributed by atoms with E-state index in [0.717, 1.165) is 10.2 Å². The summed E-state index contributed by atoms with van der Waals surface area (Å²) >= 11 is 0. The molecule has 1 atom stereocenters. The zero-order valence-electron chi connectivity index (χ0n) is 16.1. The van der Waals surface area contributed by atoms with E-state index in [2.05, 4.69) is 20.4 Å². The van der Waals surface area contributed by atoms with E-state index in [1.165, 1.54) is 0 Å². The molecule has 8 nitrogen and oxygen atoms in total. The maximum absolute atomic E-state index is 12.4. The SMILES string of the molecule is Cc1nn(C(=O)OC(C)(C)C)c2ncc(N[C@@H](C)c3cccc(N)c3)nc12. The number of aryl methyl sites for hydroxylation is 1. The fourth-order valence-electron chi connectivity index (χ4n) is 2.66. The number of rotatable bonds is 3. The summed E-state index contributed by atoms with van der Waals surface area (Å²) < 4.78 is 6.52. The van der Waals surface area contributed by atoms with Gasteiger partial charge in [0.15, 0.2) is 5.65 Å². The molecule has 2 heterocycles. The summed E-state index contributed by atoms with van der Waals surface area (Å²) in [6.45, 7) is 9.19. The maximum atomic E-state index is 12.4. The molecule has 0 saturated heterocycles. The Morgan fingerprint density at radius 2 is 2.07 bits per heavy atom. The van der Waals surface area contributed by atoms with Gasteiger partial charge in [0.2, 0.25) is 0 Å². The first kappa shape index (κ1) is 18.6. The molecule has 142 valence electrons. The molecule has 27 heavy (non-hydrogen) atoms. The van der Waals surface area contributed by atoms with Crippen LogP contribution in [0, 0.1) is 6.92 Å². The Balaban J connectivity index is 1.88. The van der Waals surface area contributed by atoms with Gasteiger partial charge in [0.05, 0.1) is 17.9 Å². The van der Waals surface area contributed by atoms with Crippen molar-refractivity contribution in [2.45, 2.75) is 46.3 Å². The number of nitrogen functional groups attached to an aromatic ring is 1. The summed E-state index contributed by atoms with van der Waals surface area (Å²) in [6.07, 6.45) is 0.997. The van der Waals surface area contributed by atoms with Gasteiger partial charge in [0, 0.05) is 5.69 Å². The van der Waals surface area contributed by atoms with Crippen LogP contribution in [0.25, 0.3) is 11.2 Å². The highest BCUT2D eigenvalue weighted by Gasteiger charge is 2.23. The Hall–Kier alpha value is -3.16. The van der Waals surface area contributed by atoms with E-state index in [-0.39, 0.29) is 6.04 Å². The van der Waals surface area contributed by atoms with Gasteiger partial charge >= 0.3 is 6.09 Å². The molecule has 0 radical (unpaired) electrons. The second-order valence-corrected chi connectivity index (χ2v) is 7.44. The molecule has 1 aromatic carbocycles. The van der Waals surface area contributed by atoms with E-state index in [0.29, 0.717) is 28.4 Å². The molecule has 0 unspecified atom stereocenters. The topological polar surface area (TPSA) is 108 Å². The van der Waals surface area contributed by atoms with E-state index in [1.807, 2.05) is 31.2 Å². The number of nitrogens with zero attached hydrogens (tertiary/aromatic N) is 4. The number of aromatic nitrogens is 4. The minimum Gasteiger partial charge on any atom is -0.442 e. The normalized spacial score (nSPS) is 12.8. The third-order valence-corrected chi connectivity index (χ3v) is 3.89. The van der Waals surface area contributed by atoms with Crippen LogP contribution in [-0.2, 0) is 4.74 Å². The number of carbonyl (C=O) groups excluding carboxylic acids is 1. The molecular formula is C19H24N6O2. The van der Waals surface area contributed by atoms with Crippen molar-refractivity contribution >= 4 is 28.8 Å². The molecule has 0 saturated carbocycles. The van der Waals surface area contributed by atoms with Crippen LogP contribution < -0.4 is 11.1 Å². The molecule has 0 aliphatic heterocycles. The highest BCUT2D eigenvalue weighted by Crippen LogP contribution is 2.22. The van der Waals surface area contributed by atoms with Crippen LogP contribution in [0.3, 0.4) is 0 Å². The molecule has 2 aromatic heterocycles. The van der Waals surface area contributed by atoms with E-state index >= 15 is 0 Å². The fraction of sp³-hybridized carbons (Fsp3) is 0.368. The molecule has 0 aliphatic carbocycles. The number of hydrogen-bond donors (Lipinski definition) is 2. The van der Waals surface area contributed by atoms with Crippen LogP contribution in [0.2, 0.25) is 0 Å². The molecule has 0 fully saturated rings. The van der Waals surface area contributed by atoms with Gasteiger partial charge < -0.3 is 15.8 Å². The maximum Gasteiger partial charge on any atom is 0.437 e. The molecule has 8 heteroatoms. The Bertz CT molecular complexity index is 990. The number of carbonyl (C=O) groups is 1. The lowest BCUT2D eigenvalue weighted by Gasteiger charge is -2.19. The summed E-state index contributed by atoms with van der Waals surface area (Å²) in [5.74, 6) is 0.587. The van der Waals surface area contributed by atoms with Crippen molar-refractivity contribution in [1.29, 1.82) is 0 Å². The van der Waals surface area contributed by atoms with E-state index in [9.17, 15) is 4.79 Å². The van der Waals surface area contributed by atoms with Gasteiger partial charge in [-0.2, -0.15) is 5.10 Å². The van der Waals surface area contributed by atoms with Crippen LogP contribution in [-0.4, -0.2) is 31.4 Å². The zero-order chi connectivity index (χ0) is 19.8.